The van der Waals surface area contributed by atoms with Crippen LogP contribution in [-0.4, -0.2) is 54.7 Å². The van der Waals surface area contributed by atoms with E-state index < -0.39 is 5.38 Å². The van der Waals surface area contributed by atoms with E-state index in [1.807, 2.05) is 4.90 Å². The maximum atomic E-state index is 11.8. The lowest BCUT2D eigenvalue weighted by molar-refractivity contribution is -0.136. The fraction of sp³-hybridized carbons (Fsp3) is 0.917. The Morgan fingerprint density at radius 2 is 2.41 bits per heavy atom. The summed E-state index contributed by atoms with van der Waals surface area (Å²) in [6.45, 7) is 3.83. The molecule has 1 amide bonds. The quantitative estimate of drug-likeness (QED) is 0.706. The van der Waals surface area contributed by atoms with E-state index in [9.17, 15) is 4.79 Å². The van der Waals surface area contributed by atoms with Crippen molar-refractivity contribution in [2.24, 2.45) is 0 Å². The minimum Gasteiger partial charge on any atom is -0.381 e. The van der Waals surface area contributed by atoms with E-state index in [-0.39, 0.29) is 17.6 Å². The van der Waals surface area contributed by atoms with E-state index in [0.29, 0.717) is 6.54 Å². The second kappa shape index (κ2) is 5.12. The highest BCUT2D eigenvalue weighted by molar-refractivity contribution is 6.30. The molecule has 0 aromatic rings. The fourth-order valence-electron chi connectivity index (χ4n) is 2.75. The van der Waals surface area contributed by atoms with Gasteiger partial charge in [-0.1, -0.05) is 0 Å². The van der Waals surface area contributed by atoms with Gasteiger partial charge in [0.25, 0.3) is 0 Å². The third kappa shape index (κ3) is 2.75. The third-order valence-corrected chi connectivity index (χ3v) is 3.94. The highest BCUT2D eigenvalue weighted by Crippen LogP contribution is 2.35. The van der Waals surface area contributed by atoms with Crippen LogP contribution in [0.5, 0.6) is 0 Å². The van der Waals surface area contributed by atoms with Crippen LogP contribution in [0, 0.1) is 0 Å². The Hall–Kier alpha value is -0.320. The highest BCUT2D eigenvalue weighted by atomic mass is 35.5. The summed E-state index contributed by atoms with van der Waals surface area (Å²) in [7, 11) is 1.74. The molecular weight excluding hydrogens is 242 g/mol. The van der Waals surface area contributed by atoms with Gasteiger partial charge in [0.15, 0.2) is 0 Å². The van der Waals surface area contributed by atoms with Crippen molar-refractivity contribution in [3.8, 4) is 0 Å². The summed E-state index contributed by atoms with van der Waals surface area (Å²) in [5.41, 5.74) is -0.194. The van der Waals surface area contributed by atoms with Gasteiger partial charge in [-0.15, -0.1) is 11.6 Å². The second-order valence-corrected chi connectivity index (χ2v) is 5.66. The Labute approximate surface area is 107 Å². The molecule has 2 aliphatic heterocycles. The van der Waals surface area contributed by atoms with Crippen LogP contribution in [0.15, 0.2) is 0 Å². The Kier molecular flexibility index (Phi) is 3.95. The zero-order valence-electron chi connectivity index (χ0n) is 10.4. The molecule has 2 heterocycles. The number of hydrogen-bond acceptors (Lipinski definition) is 3. The zero-order valence-corrected chi connectivity index (χ0v) is 11.2. The molecular formula is C12H20ClNO3. The number of halogens is 1. The first-order chi connectivity index (χ1) is 8.06. The number of alkyl halides is 1. The molecule has 2 fully saturated rings. The average Bonchev–Trinajstić information content (AvgIpc) is 2.71. The van der Waals surface area contributed by atoms with Gasteiger partial charge < -0.3 is 14.4 Å². The SMILES string of the molecule is CO[C@@H]1CCO[C@]2(CCN(C(=O)[C@H](C)Cl)C2)C1. The summed E-state index contributed by atoms with van der Waals surface area (Å²) >= 11 is 5.83. The van der Waals surface area contributed by atoms with Crippen LogP contribution in [0.1, 0.15) is 26.2 Å². The van der Waals surface area contributed by atoms with Gasteiger partial charge in [-0.2, -0.15) is 0 Å². The molecule has 0 radical (unpaired) electrons. The van der Waals surface area contributed by atoms with Crippen LogP contribution in [0.3, 0.4) is 0 Å². The first kappa shape index (κ1) is 13.1. The van der Waals surface area contributed by atoms with E-state index in [1.165, 1.54) is 0 Å². The van der Waals surface area contributed by atoms with Gasteiger partial charge in [-0.05, 0) is 19.8 Å². The van der Waals surface area contributed by atoms with Crippen molar-refractivity contribution in [1.29, 1.82) is 0 Å². The van der Waals surface area contributed by atoms with E-state index in [2.05, 4.69) is 0 Å². The van der Waals surface area contributed by atoms with Gasteiger partial charge in [0.2, 0.25) is 5.91 Å². The van der Waals surface area contributed by atoms with Crippen molar-refractivity contribution in [1.82, 2.24) is 4.90 Å². The molecule has 98 valence electrons. The predicted molar refractivity (Wildman–Crippen MR) is 65.2 cm³/mol. The largest absolute Gasteiger partial charge is 0.381 e. The maximum Gasteiger partial charge on any atom is 0.240 e. The number of nitrogens with zero attached hydrogens (tertiary/aromatic N) is 1. The van der Waals surface area contributed by atoms with Crippen LogP contribution in [0.4, 0.5) is 0 Å². The van der Waals surface area contributed by atoms with E-state index in [4.69, 9.17) is 21.1 Å². The lowest BCUT2D eigenvalue weighted by atomic mass is 9.91. The molecule has 17 heavy (non-hydrogen) atoms. The molecule has 0 unspecified atom stereocenters. The first-order valence-electron chi connectivity index (χ1n) is 6.16. The van der Waals surface area contributed by atoms with E-state index in [1.54, 1.807) is 14.0 Å². The topological polar surface area (TPSA) is 38.8 Å². The number of rotatable bonds is 2. The van der Waals surface area contributed by atoms with Crippen LogP contribution in [-0.2, 0) is 14.3 Å². The average molecular weight is 262 g/mol. The summed E-state index contributed by atoms with van der Waals surface area (Å²) in [6.07, 6.45) is 2.97. The summed E-state index contributed by atoms with van der Waals surface area (Å²) in [6, 6.07) is 0. The van der Waals surface area contributed by atoms with Crippen molar-refractivity contribution in [2.45, 2.75) is 43.3 Å². The lowest BCUT2D eigenvalue weighted by Gasteiger charge is -2.37. The zero-order chi connectivity index (χ0) is 12.5. The van der Waals surface area contributed by atoms with Crippen molar-refractivity contribution in [2.75, 3.05) is 26.8 Å². The first-order valence-corrected chi connectivity index (χ1v) is 6.59. The van der Waals surface area contributed by atoms with Crippen LogP contribution in [0.2, 0.25) is 0 Å². The normalized spacial score (nSPS) is 35.2. The molecule has 0 N–H and O–H groups in total. The number of carbonyl (C=O) groups excluding carboxylic acids is 1. The summed E-state index contributed by atoms with van der Waals surface area (Å²) in [5.74, 6) is 0.00619. The second-order valence-electron chi connectivity index (χ2n) is 5.01. The summed E-state index contributed by atoms with van der Waals surface area (Å²) in [5, 5.41) is -0.452. The number of ether oxygens (including phenoxy) is 2. The molecule has 0 aromatic heterocycles. The number of carbonyl (C=O) groups is 1. The Morgan fingerprint density at radius 1 is 1.65 bits per heavy atom. The molecule has 3 atom stereocenters. The minimum absolute atomic E-state index is 0.00619. The van der Waals surface area contributed by atoms with Crippen molar-refractivity contribution >= 4 is 17.5 Å². The summed E-state index contributed by atoms with van der Waals surface area (Å²) < 4.78 is 11.3. The fourth-order valence-corrected chi connectivity index (χ4v) is 2.89. The number of amides is 1. The van der Waals surface area contributed by atoms with Crippen LogP contribution in [0.25, 0.3) is 0 Å². The van der Waals surface area contributed by atoms with Crippen molar-refractivity contribution in [3.63, 3.8) is 0 Å². The van der Waals surface area contributed by atoms with Gasteiger partial charge in [-0.3, -0.25) is 4.79 Å². The van der Waals surface area contributed by atoms with E-state index >= 15 is 0 Å². The van der Waals surface area contributed by atoms with Crippen LogP contribution >= 0.6 is 11.6 Å². The highest BCUT2D eigenvalue weighted by Gasteiger charge is 2.45. The molecule has 1 spiro atoms. The lowest BCUT2D eigenvalue weighted by Crippen LogP contribution is -2.46. The Morgan fingerprint density at radius 3 is 3.06 bits per heavy atom. The Bertz CT molecular complexity index is 297. The standard InChI is InChI=1S/C12H20ClNO3/c1-9(13)11(15)14-5-4-12(8-14)7-10(16-2)3-6-17-12/h9-10H,3-8H2,1-2H3/t9-,10+,12+/m0/s1. The monoisotopic (exact) mass is 261 g/mol. The smallest absolute Gasteiger partial charge is 0.240 e. The molecule has 2 aliphatic rings. The van der Waals surface area contributed by atoms with E-state index in [0.717, 1.165) is 32.4 Å². The molecule has 0 aromatic carbocycles. The Balaban J connectivity index is 1.98. The van der Waals surface area contributed by atoms with Gasteiger partial charge in [-0.25, -0.2) is 0 Å². The van der Waals surface area contributed by atoms with Gasteiger partial charge in [0.1, 0.15) is 5.38 Å². The molecule has 4 nitrogen and oxygen atoms in total. The molecule has 0 saturated carbocycles. The predicted octanol–water partition coefficient (Wildman–Crippen LogP) is 1.41. The molecule has 5 heteroatoms. The minimum atomic E-state index is -0.452. The van der Waals surface area contributed by atoms with Crippen molar-refractivity contribution in [3.05, 3.63) is 0 Å². The number of methoxy groups -OCH3 is 1. The van der Waals surface area contributed by atoms with Gasteiger partial charge in [0.05, 0.1) is 11.7 Å². The molecule has 0 aliphatic carbocycles. The number of hydrogen-bond donors (Lipinski definition) is 0. The third-order valence-electron chi connectivity index (χ3n) is 3.75. The van der Waals surface area contributed by atoms with Crippen molar-refractivity contribution < 1.29 is 14.3 Å². The van der Waals surface area contributed by atoms with Gasteiger partial charge in [0, 0.05) is 33.2 Å². The maximum absolute atomic E-state index is 11.8. The number of likely N-dealkylation sites (tertiary alicyclic amines) is 1. The molecule has 2 rings (SSSR count). The summed E-state index contributed by atoms with van der Waals surface area (Å²) in [4.78, 5) is 13.6. The molecule has 0 bridgehead atoms. The van der Waals surface area contributed by atoms with Crippen LogP contribution < -0.4 is 0 Å². The van der Waals surface area contributed by atoms with Gasteiger partial charge >= 0.3 is 0 Å². The molecule has 2 saturated heterocycles.